The summed E-state index contributed by atoms with van der Waals surface area (Å²) in [4.78, 5) is 26.2. The highest BCUT2D eigenvalue weighted by molar-refractivity contribution is 6.29. The van der Waals surface area contributed by atoms with E-state index in [9.17, 15) is 14.9 Å². The Balaban J connectivity index is 2.32. The van der Waals surface area contributed by atoms with E-state index in [2.05, 4.69) is 10.3 Å². The minimum absolute atomic E-state index is 0.0910. The number of nitro benzene ring substituents is 1. The second-order valence-electron chi connectivity index (χ2n) is 4.08. The van der Waals surface area contributed by atoms with Gasteiger partial charge < -0.3 is 5.32 Å². The van der Waals surface area contributed by atoms with Crippen LogP contribution in [0, 0.1) is 17.0 Å². The fourth-order valence-electron chi connectivity index (χ4n) is 1.63. The molecule has 0 saturated heterocycles. The Labute approximate surface area is 119 Å². The lowest BCUT2D eigenvalue weighted by molar-refractivity contribution is -0.383. The van der Waals surface area contributed by atoms with Crippen LogP contribution in [0.15, 0.2) is 36.4 Å². The molecule has 102 valence electrons. The number of nitrogens with zero attached hydrogens (tertiary/aromatic N) is 2. The van der Waals surface area contributed by atoms with Crippen LogP contribution in [-0.2, 0) is 0 Å². The Morgan fingerprint density at radius 3 is 2.75 bits per heavy atom. The molecular weight excluding hydrogens is 282 g/mol. The molecule has 0 aliphatic rings. The summed E-state index contributed by atoms with van der Waals surface area (Å²) in [6.07, 6.45) is 0. The molecular formula is C13H10ClN3O3. The van der Waals surface area contributed by atoms with Gasteiger partial charge in [0.05, 0.1) is 4.92 Å². The molecule has 2 aromatic rings. The largest absolute Gasteiger partial charge is 0.315 e. The molecule has 0 bridgehead atoms. The van der Waals surface area contributed by atoms with Gasteiger partial charge in [-0.2, -0.15) is 0 Å². The number of carbonyl (C=O) groups is 1. The third-order valence-corrected chi connectivity index (χ3v) is 2.76. The van der Waals surface area contributed by atoms with Crippen molar-refractivity contribution >= 4 is 28.9 Å². The molecule has 1 aromatic carbocycles. The van der Waals surface area contributed by atoms with E-state index in [0.717, 1.165) is 5.56 Å². The lowest BCUT2D eigenvalue weighted by atomic mass is 10.2. The summed E-state index contributed by atoms with van der Waals surface area (Å²) in [6, 6.07) is 9.06. The topological polar surface area (TPSA) is 85.1 Å². The van der Waals surface area contributed by atoms with Gasteiger partial charge in [0.15, 0.2) is 0 Å². The van der Waals surface area contributed by atoms with E-state index in [4.69, 9.17) is 11.6 Å². The van der Waals surface area contributed by atoms with Crippen LogP contribution < -0.4 is 5.32 Å². The fourth-order valence-corrected chi connectivity index (χ4v) is 1.79. The molecule has 0 aliphatic heterocycles. The molecule has 0 unspecified atom stereocenters. The molecule has 2 rings (SSSR count). The highest BCUT2D eigenvalue weighted by Crippen LogP contribution is 2.25. The van der Waals surface area contributed by atoms with Crippen LogP contribution in [0.3, 0.4) is 0 Å². The quantitative estimate of drug-likeness (QED) is 0.534. The summed E-state index contributed by atoms with van der Waals surface area (Å²) in [6.45, 7) is 1.77. The minimum Gasteiger partial charge on any atom is -0.315 e. The normalized spacial score (nSPS) is 10.1. The summed E-state index contributed by atoms with van der Waals surface area (Å²) in [5.74, 6) is -0.554. The van der Waals surface area contributed by atoms with E-state index < -0.39 is 10.8 Å². The van der Waals surface area contributed by atoms with Crippen molar-refractivity contribution in [3.05, 3.63) is 62.9 Å². The molecule has 0 atom stereocenters. The number of aromatic nitrogens is 1. The zero-order chi connectivity index (χ0) is 14.7. The Morgan fingerprint density at radius 1 is 1.35 bits per heavy atom. The lowest BCUT2D eigenvalue weighted by Gasteiger charge is -2.06. The smallest absolute Gasteiger partial charge is 0.292 e. The van der Waals surface area contributed by atoms with Gasteiger partial charge in [-0.15, -0.1) is 0 Å². The number of aryl methyl sites for hydroxylation is 1. The van der Waals surface area contributed by atoms with Gasteiger partial charge in [0.2, 0.25) is 0 Å². The predicted molar refractivity (Wildman–Crippen MR) is 75.0 cm³/mol. The highest BCUT2D eigenvalue weighted by atomic mass is 35.5. The molecule has 0 aliphatic carbocycles. The average molecular weight is 292 g/mol. The number of pyridine rings is 1. The molecule has 7 heteroatoms. The van der Waals surface area contributed by atoms with Crippen LogP contribution in [0.2, 0.25) is 5.15 Å². The Kier molecular flexibility index (Phi) is 3.95. The number of rotatable bonds is 3. The monoisotopic (exact) mass is 291 g/mol. The molecule has 20 heavy (non-hydrogen) atoms. The summed E-state index contributed by atoms with van der Waals surface area (Å²) >= 11 is 5.70. The second-order valence-corrected chi connectivity index (χ2v) is 4.46. The van der Waals surface area contributed by atoms with Crippen molar-refractivity contribution in [2.75, 3.05) is 5.32 Å². The number of benzene rings is 1. The molecule has 0 spiro atoms. The SMILES string of the molecule is Cc1ccc([N+](=O)[O-])c(NC(=O)c2cccc(Cl)n2)c1. The van der Waals surface area contributed by atoms with Gasteiger partial charge in [0, 0.05) is 6.07 Å². The van der Waals surface area contributed by atoms with Crippen LogP contribution >= 0.6 is 11.6 Å². The molecule has 6 nitrogen and oxygen atoms in total. The van der Waals surface area contributed by atoms with Gasteiger partial charge in [0.25, 0.3) is 11.6 Å². The first-order chi connectivity index (χ1) is 9.47. The summed E-state index contributed by atoms with van der Waals surface area (Å²) in [5.41, 5.74) is 0.839. The number of nitro groups is 1. The van der Waals surface area contributed by atoms with Gasteiger partial charge in [-0.1, -0.05) is 23.7 Å². The molecule has 1 amide bonds. The summed E-state index contributed by atoms with van der Waals surface area (Å²) in [5, 5.41) is 13.6. The molecule has 1 aromatic heterocycles. The van der Waals surface area contributed by atoms with E-state index in [1.165, 1.54) is 24.3 Å². The Bertz CT molecular complexity index is 688. The van der Waals surface area contributed by atoms with E-state index in [1.807, 2.05) is 0 Å². The van der Waals surface area contributed by atoms with Crippen molar-refractivity contribution < 1.29 is 9.72 Å². The molecule has 0 saturated carbocycles. The van der Waals surface area contributed by atoms with Crippen LogP contribution in [-0.4, -0.2) is 15.8 Å². The van der Waals surface area contributed by atoms with E-state index in [0.29, 0.717) is 0 Å². The van der Waals surface area contributed by atoms with E-state index in [1.54, 1.807) is 19.1 Å². The van der Waals surface area contributed by atoms with Gasteiger partial charge in [0.1, 0.15) is 16.5 Å². The number of amides is 1. The molecule has 1 heterocycles. The van der Waals surface area contributed by atoms with Crippen LogP contribution in [0.1, 0.15) is 16.1 Å². The maximum Gasteiger partial charge on any atom is 0.292 e. The minimum atomic E-state index is -0.555. The number of hydrogen-bond donors (Lipinski definition) is 1. The van der Waals surface area contributed by atoms with Crippen molar-refractivity contribution in [2.45, 2.75) is 6.92 Å². The van der Waals surface area contributed by atoms with Crippen molar-refractivity contribution in [3.8, 4) is 0 Å². The van der Waals surface area contributed by atoms with Gasteiger partial charge in [-0.3, -0.25) is 14.9 Å². The van der Waals surface area contributed by atoms with Crippen LogP contribution in [0.25, 0.3) is 0 Å². The number of hydrogen-bond acceptors (Lipinski definition) is 4. The van der Waals surface area contributed by atoms with Crippen LogP contribution in [0.4, 0.5) is 11.4 Å². The third-order valence-electron chi connectivity index (χ3n) is 2.54. The summed E-state index contributed by atoms with van der Waals surface area (Å²) in [7, 11) is 0. The first kappa shape index (κ1) is 14.0. The first-order valence-electron chi connectivity index (χ1n) is 5.66. The van der Waals surface area contributed by atoms with Gasteiger partial charge in [-0.05, 0) is 30.7 Å². The zero-order valence-corrected chi connectivity index (χ0v) is 11.2. The number of nitrogens with one attached hydrogen (secondary N) is 1. The molecule has 0 radical (unpaired) electrons. The number of anilines is 1. The van der Waals surface area contributed by atoms with Crippen molar-refractivity contribution in [2.24, 2.45) is 0 Å². The maximum atomic E-state index is 12.0. The van der Waals surface area contributed by atoms with Gasteiger partial charge >= 0.3 is 0 Å². The zero-order valence-electron chi connectivity index (χ0n) is 10.5. The third kappa shape index (κ3) is 3.10. The van der Waals surface area contributed by atoms with Crippen molar-refractivity contribution in [3.63, 3.8) is 0 Å². The molecule has 1 N–H and O–H groups in total. The predicted octanol–water partition coefficient (Wildman–Crippen LogP) is 3.20. The van der Waals surface area contributed by atoms with Crippen molar-refractivity contribution in [1.82, 2.24) is 4.98 Å². The second kappa shape index (κ2) is 5.66. The Hall–Kier alpha value is -2.47. The van der Waals surface area contributed by atoms with Gasteiger partial charge in [-0.25, -0.2) is 4.98 Å². The summed E-state index contributed by atoms with van der Waals surface area (Å²) < 4.78 is 0. The van der Waals surface area contributed by atoms with Crippen molar-refractivity contribution in [1.29, 1.82) is 0 Å². The fraction of sp³-hybridized carbons (Fsp3) is 0.0769. The van der Waals surface area contributed by atoms with E-state index >= 15 is 0 Å². The molecule has 0 fully saturated rings. The average Bonchev–Trinajstić information content (AvgIpc) is 2.38. The van der Waals surface area contributed by atoms with Crippen LogP contribution in [0.5, 0.6) is 0 Å². The first-order valence-corrected chi connectivity index (χ1v) is 6.04. The highest BCUT2D eigenvalue weighted by Gasteiger charge is 2.17. The maximum absolute atomic E-state index is 12.0. The number of carbonyl (C=O) groups excluding carboxylic acids is 1. The van der Waals surface area contributed by atoms with E-state index in [-0.39, 0.29) is 22.2 Å². The number of halogens is 1. The lowest BCUT2D eigenvalue weighted by Crippen LogP contribution is -2.14. The standard InChI is InChI=1S/C13H10ClN3O3/c1-8-5-6-11(17(19)20)10(7-8)16-13(18)9-3-2-4-12(14)15-9/h2-7H,1H3,(H,16,18). The Morgan fingerprint density at radius 2 is 2.10 bits per heavy atom.